The second-order valence-electron chi connectivity index (χ2n) is 11.2. The van der Waals surface area contributed by atoms with Crippen LogP contribution in [0.1, 0.15) is 25.7 Å². The number of anilines is 1. The highest BCUT2D eigenvalue weighted by atomic mass is 35.5. The van der Waals surface area contributed by atoms with Gasteiger partial charge >= 0.3 is 5.97 Å². The molecule has 1 amide bonds. The fraction of sp³-hybridized carbons (Fsp3) is 0.433. The number of aliphatic carboxylic acids is 1. The summed E-state index contributed by atoms with van der Waals surface area (Å²) in [4.78, 5) is 32.7. The van der Waals surface area contributed by atoms with Gasteiger partial charge in [0.05, 0.1) is 11.4 Å². The summed E-state index contributed by atoms with van der Waals surface area (Å²) in [5.74, 6) is -1.03. The van der Waals surface area contributed by atoms with Gasteiger partial charge in [0.15, 0.2) is 0 Å². The molecule has 0 unspecified atom stereocenters. The Morgan fingerprint density at radius 3 is 2.43 bits per heavy atom. The molecule has 2 aliphatic rings. The third-order valence-electron chi connectivity index (χ3n) is 8.32. The molecule has 0 radical (unpaired) electrons. The van der Waals surface area contributed by atoms with Crippen LogP contribution in [-0.4, -0.2) is 91.9 Å². The minimum absolute atomic E-state index is 0.107. The number of hydrogen-bond donors (Lipinski definition) is 2. The average Bonchev–Trinajstić information content (AvgIpc) is 2.98. The highest BCUT2D eigenvalue weighted by molar-refractivity contribution is 7.89. The van der Waals surface area contributed by atoms with Gasteiger partial charge in [-0.3, -0.25) is 14.6 Å². The van der Waals surface area contributed by atoms with Gasteiger partial charge in [-0.15, -0.1) is 0 Å². The van der Waals surface area contributed by atoms with Crippen LogP contribution in [0.3, 0.4) is 0 Å². The number of carbonyl (C=O) groups is 2. The van der Waals surface area contributed by atoms with E-state index in [4.69, 9.17) is 16.7 Å². The zero-order valence-electron chi connectivity index (χ0n) is 23.4. The molecule has 12 heteroatoms. The number of piperidine rings is 1. The number of aromatic nitrogens is 1. The van der Waals surface area contributed by atoms with Gasteiger partial charge in [0, 0.05) is 74.2 Å². The van der Waals surface area contributed by atoms with E-state index < -0.39 is 16.0 Å². The van der Waals surface area contributed by atoms with Gasteiger partial charge in [-0.25, -0.2) is 8.42 Å². The Hall–Kier alpha value is -3.25. The highest BCUT2D eigenvalue weighted by Gasteiger charge is 2.40. The van der Waals surface area contributed by atoms with Crippen LogP contribution in [-0.2, 0) is 19.6 Å². The molecule has 224 valence electrons. The van der Waals surface area contributed by atoms with Crippen molar-refractivity contribution in [1.82, 2.24) is 19.5 Å². The van der Waals surface area contributed by atoms with E-state index in [9.17, 15) is 18.0 Å². The molecule has 2 N–H and O–H groups in total. The normalized spacial score (nSPS) is 18.0. The van der Waals surface area contributed by atoms with Crippen molar-refractivity contribution in [3.05, 3.63) is 65.9 Å². The molecule has 0 spiro atoms. The number of benzene rings is 2. The van der Waals surface area contributed by atoms with Crippen molar-refractivity contribution in [2.75, 3.05) is 57.3 Å². The molecule has 0 atom stereocenters. The van der Waals surface area contributed by atoms with Crippen LogP contribution in [0.4, 0.5) is 5.69 Å². The molecule has 1 aromatic heterocycles. The van der Waals surface area contributed by atoms with E-state index in [1.807, 2.05) is 12.1 Å². The van der Waals surface area contributed by atoms with Crippen molar-refractivity contribution in [3.8, 4) is 0 Å². The number of carboxylic acids is 1. The zero-order valence-corrected chi connectivity index (χ0v) is 25.0. The fourth-order valence-electron chi connectivity index (χ4n) is 5.87. The first-order chi connectivity index (χ1) is 20.1. The Morgan fingerprint density at radius 1 is 1.00 bits per heavy atom. The summed E-state index contributed by atoms with van der Waals surface area (Å²) < 4.78 is 28.3. The van der Waals surface area contributed by atoms with E-state index >= 15 is 0 Å². The first-order valence-corrected chi connectivity index (χ1v) is 16.0. The number of sulfonamides is 1. The monoisotopic (exact) mass is 613 g/mol. The van der Waals surface area contributed by atoms with Gasteiger partial charge in [-0.05, 0) is 73.0 Å². The minimum Gasteiger partial charge on any atom is -0.481 e. The summed E-state index contributed by atoms with van der Waals surface area (Å²) in [6.07, 6.45) is 5.88. The van der Waals surface area contributed by atoms with Crippen molar-refractivity contribution in [3.63, 3.8) is 0 Å². The van der Waals surface area contributed by atoms with Crippen molar-refractivity contribution < 1.29 is 23.1 Å². The maximum Gasteiger partial charge on any atom is 0.303 e. The maximum absolute atomic E-state index is 13.5. The molecule has 10 nitrogen and oxygen atoms in total. The van der Waals surface area contributed by atoms with Crippen LogP contribution in [0.25, 0.3) is 10.8 Å². The molecular formula is C30H36ClN5O5S. The zero-order chi connectivity index (χ0) is 29.7. The molecule has 42 heavy (non-hydrogen) atoms. The lowest BCUT2D eigenvalue weighted by atomic mass is 9.77. The predicted molar refractivity (Wildman–Crippen MR) is 162 cm³/mol. The van der Waals surface area contributed by atoms with Gasteiger partial charge in [-0.2, -0.15) is 4.31 Å². The number of hydrogen-bond acceptors (Lipinski definition) is 7. The summed E-state index contributed by atoms with van der Waals surface area (Å²) in [5.41, 5.74) is 0.906. The number of nitrogens with one attached hydrogen (secondary N) is 1. The SMILES string of the molecule is O=C(O)CCCNCC1(CN2CCN(S(=O)(=O)c3ccc4cc(Cl)ccc4c3)CC2=O)CCN(c2ccncc2)CC1. The first-order valence-electron chi connectivity index (χ1n) is 14.2. The predicted octanol–water partition coefficient (Wildman–Crippen LogP) is 3.46. The van der Waals surface area contributed by atoms with E-state index in [2.05, 4.69) is 15.2 Å². The van der Waals surface area contributed by atoms with Crippen LogP contribution in [0.5, 0.6) is 0 Å². The van der Waals surface area contributed by atoms with Crippen molar-refractivity contribution in [2.45, 2.75) is 30.6 Å². The number of amides is 1. The number of piperazine rings is 1. The van der Waals surface area contributed by atoms with E-state index in [0.29, 0.717) is 37.6 Å². The summed E-state index contributed by atoms with van der Waals surface area (Å²) in [6.45, 7) is 3.73. The molecular weight excluding hydrogens is 578 g/mol. The Morgan fingerprint density at radius 2 is 1.71 bits per heavy atom. The topological polar surface area (TPSA) is 123 Å². The smallest absolute Gasteiger partial charge is 0.303 e. The number of halogens is 1. The van der Waals surface area contributed by atoms with E-state index in [-0.39, 0.29) is 35.7 Å². The van der Waals surface area contributed by atoms with Crippen LogP contribution >= 0.6 is 11.6 Å². The lowest BCUT2D eigenvalue weighted by Gasteiger charge is -2.46. The Kier molecular flexibility index (Phi) is 9.32. The lowest BCUT2D eigenvalue weighted by molar-refractivity contribution is -0.137. The van der Waals surface area contributed by atoms with Crippen molar-refractivity contribution in [2.24, 2.45) is 5.41 Å². The first kappa shape index (κ1) is 30.2. The van der Waals surface area contributed by atoms with Gasteiger partial charge in [0.25, 0.3) is 0 Å². The highest BCUT2D eigenvalue weighted by Crippen LogP contribution is 2.35. The number of rotatable bonds is 11. The summed E-state index contributed by atoms with van der Waals surface area (Å²) in [6, 6.07) is 14.2. The van der Waals surface area contributed by atoms with Crippen LogP contribution in [0, 0.1) is 5.41 Å². The third kappa shape index (κ3) is 7.03. The molecule has 2 aliphatic heterocycles. The molecule has 2 aromatic carbocycles. The van der Waals surface area contributed by atoms with Crippen molar-refractivity contribution >= 4 is 50.0 Å². The molecule has 5 rings (SSSR count). The second kappa shape index (κ2) is 12.9. The minimum atomic E-state index is -3.85. The van der Waals surface area contributed by atoms with Crippen LogP contribution in [0.15, 0.2) is 65.8 Å². The number of nitrogens with zero attached hydrogens (tertiary/aromatic N) is 4. The molecule has 3 heterocycles. The largest absolute Gasteiger partial charge is 0.481 e. The summed E-state index contributed by atoms with van der Waals surface area (Å²) in [7, 11) is -3.85. The molecule has 0 aliphatic carbocycles. The lowest BCUT2D eigenvalue weighted by Crippen LogP contribution is -2.57. The number of pyridine rings is 1. The van der Waals surface area contributed by atoms with Gasteiger partial charge in [-0.1, -0.05) is 23.7 Å². The summed E-state index contributed by atoms with van der Waals surface area (Å²) in [5, 5.41) is 14.6. The van der Waals surface area contributed by atoms with E-state index in [0.717, 1.165) is 42.4 Å². The van der Waals surface area contributed by atoms with E-state index in [1.165, 1.54) is 4.31 Å². The standard InChI is InChI=1S/C30H36ClN5O5S/c31-25-5-3-24-19-27(6-4-23(24)18-25)42(40,41)36-17-16-35(28(37)20-36)22-30(21-33-11-1-2-29(38)39)9-14-34(15-10-30)26-7-12-32-13-8-26/h3-8,12-13,18-19,33H,1-2,9-11,14-17,20-22H2,(H,38,39). The van der Waals surface area contributed by atoms with Gasteiger partial charge in [0.2, 0.25) is 15.9 Å². The Balaban J connectivity index is 1.25. The Labute approximate surface area is 251 Å². The van der Waals surface area contributed by atoms with Crippen LogP contribution < -0.4 is 10.2 Å². The number of carboxylic acid groups (broad SMARTS) is 1. The third-order valence-corrected chi connectivity index (χ3v) is 10.4. The second-order valence-corrected chi connectivity index (χ2v) is 13.5. The van der Waals surface area contributed by atoms with E-state index in [1.54, 1.807) is 53.7 Å². The molecule has 0 saturated carbocycles. The maximum atomic E-state index is 13.5. The van der Waals surface area contributed by atoms with Crippen LogP contribution in [0.2, 0.25) is 5.02 Å². The van der Waals surface area contributed by atoms with Crippen molar-refractivity contribution in [1.29, 1.82) is 0 Å². The number of fused-ring (bicyclic) bond motifs is 1. The summed E-state index contributed by atoms with van der Waals surface area (Å²) >= 11 is 6.07. The fourth-order valence-corrected chi connectivity index (χ4v) is 7.47. The molecule has 3 aromatic rings. The molecule has 2 fully saturated rings. The quantitative estimate of drug-likeness (QED) is 0.315. The molecule has 2 saturated heterocycles. The van der Waals surface area contributed by atoms with Gasteiger partial charge < -0.3 is 20.2 Å². The van der Waals surface area contributed by atoms with Gasteiger partial charge in [0.1, 0.15) is 0 Å². The number of carbonyl (C=O) groups excluding carboxylic acids is 1. The molecule has 0 bridgehead atoms. The average molecular weight is 614 g/mol. The Bertz CT molecular complexity index is 1530.